The molecule has 0 fully saturated rings. The van der Waals surface area contributed by atoms with Gasteiger partial charge in [-0.2, -0.15) is 0 Å². The number of para-hydroxylation sites is 8. The fourth-order valence-corrected chi connectivity index (χ4v) is 22.2. The molecule has 22 aromatic carbocycles. The Hall–Kier alpha value is -20.2. The second-order valence-corrected chi connectivity index (χ2v) is 37.5. The van der Waals surface area contributed by atoms with E-state index < -0.39 is 0 Å². The van der Waals surface area contributed by atoms with Crippen LogP contribution in [0.5, 0.6) is 0 Å². The number of rotatable bonds is 14. The number of hydrogen-bond acceptors (Lipinski definition) is 8. The van der Waals surface area contributed by atoms with Crippen molar-refractivity contribution in [3.05, 3.63) is 528 Å². The minimum Gasteiger partial charge on any atom is -0.310 e. The summed E-state index contributed by atoms with van der Waals surface area (Å²) >= 11 is 0. The van der Waals surface area contributed by atoms with Crippen LogP contribution in [0.1, 0.15) is 0 Å². The molecule has 13 heteroatoms. The van der Waals surface area contributed by atoms with E-state index in [1.165, 1.54) is 109 Å². The molecule has 13 nitrogen and oxygen atoms in total. The van der Waals surface area contributed by atoms with Crippen LogP contribution in [0.3, 0.4) is 0 Å². The summed E-state index contributed by atoms with van der Waals surface area (Å²) in [6, 6.07) is 184. The summed E-state index contributed by atoms with van der Waals surface area (Å²) in [6.07, 6.45) is 1.87. The topological polar surface area (TPSA) is 118 Å². The third-order valence-corrected chi connectivity index (χ3v) is 28.9. The van der Waals surface area contributed by atoms with Gasteiger partial charge in [-0.25, -0.2) is 34.9 Å². The zero-order valence-corrected chi connectivity index (χ0v) is 80.0. The molecule has 30 aromatic rings. The summed E-state index contributed by atoms with van der Waals surface area (Å²) in [5, 5.41) is 20.4. The Morgan fingerprint density at radius 1 is 0.169 bits per heavy atom. The molecule has 30 rings (SSSR count). The molecule has 0 aliphatic heterocycles. The Labute approximate surface area is 850 Å². The summed E-state index contributed by atoms with van der Waals surface area (Å²) in [7, 11) is 0. The van der Waals surface area contributed by atoms with Gasteiger partial charge in [-0.1, -0.05) is 370 Å². The summed E-state index contributed by atoms with van der Waals surface area (Å²) in [5.41, 5.74) is 28.0. The van der Waals surface area contributed by atoms with Gasteiger partial charge in [0.15, 0.2) is 17.5 Å². The molecule has 0 radical (unpaired) electrons. The molecule has 0 spiro atoms. The van der Waals surface area contributed by atoms with Crippen LogP contribution < -0.4 is 4.90 Å². The minimum absolute atomic E-state index is 0.633. The smallest absolute Gasteiger partial charge is 0.235 e. The molecule has 0 amide bonds. The van der Waals surface area contributed by atoms with Crippen LogP contribution in [-0.4, -0.2) is 57.7 Å². The zero-order chi connectivity index (χ0) is 97.6. The Morgan fingerprint density at radius 3 is 1.07 bits per heavy atom. The molecule has 0 aliphatic rings. The van der Waals surface area contributed by atoms with Crippen molar-refractivity contribution in [2.24, 2.45) is 0 Å². The van der Waals surface area contributed by atoms with Crippen molar-refractivity contribution in [2.75, 3.05) is 4.90 Å². The first-order chi connectivity index (χ1) is 73.4. The third-order valence-electron chi connectivity index (χ3n) is 28.9. The van der Waals surface area contributed by atoms with E-state index in [2.05, 4.69) is 483 Å². The Balaban J connectivity index is 0.000000107. The molecule has 0 aliphatic carbocycles. The molecule has 0 N–H and O–H groups in total. The fraction of sp³-hybridized carbons (Fsp3) is 0. The summed E-state index contributed by atoms with van der Waals surface area (Å²) < 4.78 is 11.6. The summed E-state index contributed by atoms with van der Waals surface area (Å²) in [4.78, 5) is 37.9. The first-order valence-electron chi connectivity index (χ1n) is 50.0. The maximum Gasteiger partial charge on any atom is 0.235 e. The zero-order valence-electron chi connectivity index (χ0n) is 80.0. The van der Waals surface area contributed by atoms with Gasteiger partial charge >= 0.3 is 0 Å². The largest absolute Gasteiger partial charge is 0.310 e. The first kappa shape index (κ1) is 85.8. The van der Waals surface area contributed by atoms with Gasteiger partial charge in [0, 0.05) is 127 Å². The number of hydrogen-bond donors (Lipinski definition) is 0. The first-order valence-corrected chi connectivity index (χ1v) is 50.0. The van der Waals surface area contributed by atoms with Crippen LogP contribution in [0, 0.1) is 0 Å². The van der Waals surface area contributed by atoms with Gasteiger partial charge < -0.3 is 18.6 Å². The van der Waals surface area contributed by atoms with E-state index in [-0.39, 0.29) is 0 Å². The summed E-state index contributed by atoms with van der Waals surface area (Å²) in [6.45, 7) is 0. The molecule has 8 aromatic heterocycles. The molecule has 0 saturated heterocycles. The molecule has 0 unspecified atom stereocenters. The third kappa shape index (κ3) is 14.9. The van der Waals surface area contributed by atoms with Crippen molar-refractivity contribution in [3.63, 3.8) is 0 Å². The number of aromatic nitrogens is 12. The van der Waals surface area contributed by atoms with Crippen molar-refractivity contribution in [1.82, 2.24) is 57.7 Å². The van der Waals surface area contributed by atoms with Crippen LogP contribution in [0.4, 0.5) is 17.1 Å². The lowest BCUT2D eigenvalue weighted by molar-refractivity contribution is 0.992. The van der Waals surface area contributed by atoms with Crippen molar-refractivity contribution in [1.29, 1.82) is 0 Å². The maximum atomic E-state index is 5.40. The summed E-state index contributed by atoms with van der Waals surface area (Å²) in [5.74, 6) is 3.23. The molecule has 8 heterocycles. The Morgan fingerprint density at radius 2 is 0.534 bits per heavy atom. The predicted molar refractivity (Wildman–Crippen MR) is 613 cm³/mol. The van der Waals surface area contributed by atoms with Crippen molar-refractivity contribution in [2.45, 2.75) is 0 Å². The number of fused-ring (bicyclic) bond motifs is 21. The SMILES string of the molecule is c1ccc(-c2ccc(-c3nc(-n4c5ccc(-n6c7ccccc7c7ccccc76)cc5c5c6ccccc6ccc54)nc4ccccc34)cc2)cc1.c1ccc(-c2nc(-c3ccccc3)nc(-c3cccc(-n4c5ccccc5c5cc(-n6c7ccccc7c7ccccc76)ccc54)c3)n2)cc1.c1ccc(N(c2ccccc2)c2ccc3c(c2)c2c4ccccc4ccc2n3-c2nccc(-c3ccc4ccccc4c3)n2)cc1. The number of benzene rings is 22. The molecular formula is C135H87N13. The standard InChI is InChI=1S/C48H30N4.C45H29N5.C42H28N4/c1-2-12-31(13-3-1)32-22-24-34(25-23-32)47-39-18-6-9-19-41(39)49-48(50-47)52-44-29-27-35(30-40(44)46-36-15-5-4-14-33(36)26-28-45(46)52)51-42-20-10-7-16-37(42)38-17-8-11-21-43(38)51;1-3-14-30(15-4-1)43-46-44(31-16-5-2-6-17-31)48-45(47-43)32-18-13-19-33(28-32)49-41-25-12-9-22-37(41)38-29-34(26-27-42(38)49)50-39-23-10-7-20-35(39)36-21-8-11-24-40(36)50;1-3-14-33(15-4-1)45(34-16-5-2-6-17-34)35-22-24-39-37(28-35)41-36-18-10-9-12-30(36)21-23-40(41)46(39)42-43-26-25-38(44-42)32-20-19-29-11-7-8-13-31(29)27-32/h1-30H;1-29H;1-28H. The van der Waals surface area contributed by atoms with Crippen LogP contribution in [0.15, 0.2) is 528 Å². The lowest BCUT2D eigenvalue weighted by Crippen LogP contribution is -2.09. The van der Waals surface area contributed by atoms with Gasteiger partial charge in [-0.3, -0.25) is 9.13 Å². The number of nitrogens with zero attached hydrogens (tertiary/aromatic N) is 13. The molecule has 0 atom stereocenters. The van der Waals surface area contributed by atoms with Crippen molar-refractivity contribution < 1.29 is 0 Å². The molecule has 0 saturated carbocycles. The van der Waals surface area contributed by atoms with E-state index in [9.17, 15) is 0 Å². The highest BCUT2D eigenvalue weighted by Crippen LogP contribution is 2.47. The van der Waals surface area contributed by atoms with E-state index in [1.807, 2.05) is 72.9 Å². The normalized spacial score (nSPS) is 11.6. The molecule has 148 heavy (non-hydrogen) atoms. The highest BCUT2D eigenvalue weighted by atomic mass is 15.2. The minimum atomic E-state index is 0.633. The van der Waals surface area contributed by atoms with Crippen LogP contribution in [-0.2, 0) is 0 Å². The highest BCUT2D eigenvalue weighted by Gasteiger charge is 2.27. The van der Waals surface area contributed by atoms with Gasteiger partial charge in [-0.15, -0.1) is 0 Å². The average Bonchev–Trinajstić information content (AvgIpc) is 1.57. The van der Waals surface area contributed by atoms with Crippen LogP contribution >= 0.6 is 0 Å². The van der Waals surface area contributed by atoms with E-state index in [0.29, 0.717) is 29.4 Å². The van der Waals surface area contributed by atoms with E-state index in [4.69, 9.17) is 34.9 Å². The van der Waals surface area contributed by atoms with Crippen molar-refractivity contribution >= 4 is 169 Å². The van der Waals surface area contributed by atoms with E-state index >= 15 is 0 Å². The monoisotopic (exact) mass is 1890 g/mol. The molecule has 0 bridgehead atoms. The lowest BCUT2D eigenvalue weighted by Gasteiger charge is -2.25. The number of anilines is 3. The van der Waals surface area contributed by atoms with E-state index in [1.54, 1.807) is 0 Å². The van der Waals surface area contributed by atoms with Crippen LogP contribution in [0.25, 0.3) is 249 Å². The predicted octanol–water partition coefficient (Wildman–Crippen LogP) is 34.4. The average molecular weight is 1890 g/mol. The van der Waals surface area contributed by atoms with Crippen LogP contribution in [0.2, 0.25) is 0 Å². The van der Waals surface area contributed by atoms with Gasteiger partial charge in [0.05, 0.1) is 72.1 Å². The Bertz CT molecular complexity index is 10200. The van der Waals surface area contributed by atoms with E-state index in [0.717, 1.165) is 128 Å². The second-order valence-electron chi connectivity index (χ2n) is 37.5. The van der Waals surface area contributed by atoms with Gasteiger partial charge in [0.2, 0.25) is 11.9 Å². The Kier molecular flexibility index (Phi) is 20.9. The quantitative estimate of drug-likeness (QED) is 0.106. The van der Waals surface area contributed by atoms with Gasteiger partial charge in [0.1, 0.15) is 0 Å². The maximum absolute atomic E-state index is 5.40. The fourth-order valence-electron chi connectivity index (χ4n) is 22.2. The highest BCUT2D eigenvalue weighted by molar-refractivity contribution is 6.24. The molecular weight excluding hydrogens is 1800 g/mol. The second kappa shape index (κ2) is 36.1. The van der Waals surface area contributed by atoms with Crippen molar-refractivity contribution in [3.8, 4) is 96.8 Å². The van der Waals surface area contributed by atoms with Gasteiger partial charge in [0.25, 0.3) is 0 Å². The van der Waals surface area contributed by atoms with Gasteiger partial charge in [-0.05, 0) is 195 Å². The molecule has 692 valence electrons. The lowest BCUT2D eigenvalue weighted by atomic mass is 10.0.